The second-order valence-corrected chi connectivity index (χ2v) is 5.36. The fourth-order valence-corrected chi connectivity index (χ4v) is 2.69. The maximum Gasteiger partial charge on any atom is 0.230 e. The van der Waals surface area contributed by atoms with Gasteiger partial charge in [0.15, 0.2) is 0 Å². The van der Waals surface area contributed by atoms with Gasteiger partial charge >= 0.3 is 0 Å². The Bertz CT molecular complexity index is 499. The van der Waals surface area contributed by atoms with E-state index in [0.717, 1.165) is 25.7 Å². The SMILES string of the molecule is CNc1nc(Cl)nc(NC2(C#N)CCC[C@@H](C)C2)n1. The zero-order valence-electron chi connectivity index (χ0n) is 11.1. The van der Waals surface area contributed by atoms with Crippen molar-refractivity contribution in [1.29, 1.82) is 5.26 Å². The minimum atomic E-state index is -0.604. The van der Waals surface area contributed by atoms with Gasteiger partial charge in [0.05, 0.1) is 6.07 Å². The summed E-state index contributed by atoms with van der Waals surface area (Å²) in [7, 11) is 1.71. The molecule has 0 amide bonds. The van der Waals surface area contributed by atoms with Crippen LogP contribution < -0.4 is 10.6 Å². The predicted octanol–water partition coefficient (Wildman–Crippen LogP) is 2.45. The zero-order valence-corrected chi connectivity index (χ0v) is 11.8. The van der Waals surface area contributed by atoms with Crippen molar-refractivity contribution in [1.82, 2.24) is 15.0 Å². The van der Waals surface area contributed by atoms with Gasteiger partial charge in [0.25, 0.3) is 0 Å². The molecule has 1 aromatic rings. The molecule has 1 aromatic heterocycles. The van der Waals surface area contributed by atoms with E-state index < -0.39 is 5.54 Å². The van der Waals surface area contributed by atoms with Gasteiger partial charge in [-0.2, -0.15) is 20.2 Å². The molecule has 102 valence electrons. The quantitative estimate of drug-likeness (QED) is 0.884. The van der Waals surface area contributed by atoms with Crippen LogP contribution in [0.3, 0.4) is 0 Å². The van der Waals surface area contributed by atoms with E-state index in [9.17, 15) is 5.26 Å². The Morgan fingerprint density at radius 2 is 2.11 bits per heavy atom. The van der Waals surface area contributed by atoms with Gasteiger partial charge in [-0.05, 0) is 36.8 Å². The molecule has 0 aliphatic heterocycles. The van der Waals surface area contributed by atoms with E-state index in [4.69, 9.17) is 11.6 Å². The topological polar surface area (TPSA) is 86.5 Å². The fourth-order valence-electron chi connectivity index (χ4n) is 2.53. The summed E-state index contributed by atoms with van der Waals surface area (Å²) < 4.78 is 0. The van der Waals surface area contributed by atoms with Crippen molar-refractivity contribution in [2.45, 2.75) is 38.1 Å². The average Bonchev–Trinajstić information content (AvgIpc) is 2.38. The highest BCUT2D eigenvalue weighted by Gasteiger charge is 2.35. The molecular formula is C12H17ClN6. The van der Waals surface area contributed by atoms with Crippen molar-refractivity contribution < 1.29 is 0 Å². The Hall–Kier alpha value is -1.61. The molecule has 0 saturated heterocycles. The van der Waals surface area contributed by atoms with E-state index in [0.29, 0.717) is 17.8 Å². The van der Waals surface area contributed by atoms with Gasteiger partial charge in [0.1, 0.15) is 5.54 Å². The summed E-state index contributed by atoms with van der Waals surface area (Å²) >= 11 is 5.84. The lowest BCUT2D eigenvalue weighted by atomic mass is 9.77. The van der Waals surface area contributed by atoms with E-state index in [1.54, 1.807) is 7.05 Å². The first-order valence-electron chi connectivity index (χ1n) is 6.36. The van der Waals surface area contributed by atoms with Crippen molar-refractivity contribution in [2.75, 3.05) is 17.7 Å². The number of nitriles is 1. The standard InChI is InChI=1S/C12H17ClN6/c1-8-4-3-5-12(6-8,7-14)19-11-17-9(13)16-10(15-2)18-11/h8H,3-6H2,1-2H3,(H2,15,16,17,18,19)/t8-,12?/m1/s1. The molecule has 2 N–H and O–H groups in total. The molecule has 6 nitrogen and oxygen atoms in total. The van der Waals surface area contributed by atoms with E-state index in [1.807, 2.05) is 0 Å². The highest BCUT2D eigenvalue weighted by molar-refractivity contribution is 6.28. The number of rotatable bonds is 3. The minimum absolute atomic E-state index is 0.110. The molecule has 2 rings (SSSR count). The molecule has 1 fully saturated rings. The zero-order chi connectivity index (χ0) is 13.9. The third-order valence-corrected chi connectivity index (χ3v) is 3.56. The van der Waals surface area contributed by atoms with Gasteiger partial charge in [0, 0.05) is 7.05 Å². The summed E-state index contributed by atoms with van der Waals surface area (Å²) in [4.78, 5) is 12.1. The van der Waals surface area contributed by atoms with Gasteiger partial charge in [-0.15, -0.1) is 0 Å². The second-order valence-electron chi connectivity index (χ2n) is 5.02. The number of anilines is 2. The molecule has 2 atom stereocenters. The lowest BCUT2D eigenvalue weighted by Crippen LogP contribution is -2.41. The van der Waals surface area contributed by atoms with E-state index in [-0.39, 0.29) is 5.28 Å². The third kappa shape index (κ3) is 3.24. The highest BCUT2D eigenvalue weighted by Crippen LogP contribution is 2.34. The number of nitrogens with one attached hydrogen (secondary N) is 2. The molecule has 1 heterocycles. The number of nitrogens with zero attached hydrogens (tertiary/aromatic N) is 4. The van der Waals surface area contributed by atoms with Crippen LogP contribution in [-0.4, -0.2) is 27.5 Å². The van der Waals surface area contributed by atoms with Crippen molar-refractivity contribution in [3.8, 4) is 6.07 Å². The van der Waals surface area contributed by atoms with Gasteiger partial charge in [-0.25, -0.2) is 0 Å². The van der Waals surface area contributed by atoms with Gasteiger partial charge in [-0.3, -0.25) is 0 Å². The number of halogens is 1. The normalized spacial score (nSPS) is 26.5. The second kappa shape index (κ2) is 5.57. The van der Waals surface area contributed by atoms with Gasteiger partial charge in [0.2, 0.25) is 17.2 Å². The predicted molar refractivity (Wildman–Crippen MR) is 74.0 cm³/mol. The molecule has 1 aliphatic rings. The van der Waals surface area contributed by atoms with Crippen LogP contribution in [0.2, 0.25) is 5.28 Å². The monoisotopic (exact) mass is 280 g/mol. The van der Waals surface area contributed by atoms with E-state index in [1.165, 1.54) is 0 Å². The van der Waals surface area contributed by atoms with Gasteiger partial charge < -0.3 is 10.6 Å². The largest absolute Gasteiger partial charge is 0.357 e. The van der Waals surface area contributed by atoms with E-state index >= 15 is 0 Å². The Kier molecular flexibility index (Phi) is 4.05. The van der Waals surface area contributed by atoms with Crippen molar-refractivity contribution in [2.24, 2.45) is 5.92 Å². The Morgan fingerprint density at radius 1 is 1.37 bits per heavy atom. The lowest BCUT2D eigenvalue weighted by molar-refractivity contribution is 0.307. The Labute approximate surface area is 117 Å². The summed E-state index contributed by atoms with van der Waals surface area (Å²) in [5.74, 6) is 1.25. The van der Waals surface area contributed by atoms with E-state index in [2.05, 4.69) is 38.6 Å². The van der Waals surface area contributed by atoms with Crippen LogP contribution >= 0.6 is 11.6 Å². The highest BCUT2D eigenvalue weighted by atomic mass is 35.5. The van der Waals surface area contributed by atoms with Gasteiger partial charge in [-0.1, -0.05) is 13.3 Å². The molecule has 7 heteroatoms. The van der Waals surface area contributed by atoms with Crippen LogP contribution in [0.1, 0.15) is 32.6 Å². The summed E-state index contributed by atoms with van der Waals surface area (Å²) in [6.45, 7) is 2.16. The summed E-state index contributed by atoms with van der Waals surface area (Å²) in [5, 5.41) is 15.6. The third-order valence-electron chi connectivity index (χ3n) is 3.39. The van der Waals surface area contributed by atoms with Crippen molar-refractivity contribution in [3.05, 3.63) is 5.28 Å². The number of aromatic nitrogens is 3. The maximum absolute atomic E-state index is 9.48. The first kappa shape index (κ1) is 13.8. The molecule has 0 aromatic carbocycles. The van der Waals surface area contributed by atoms with Crippen LogP contribution in [0.25, 0.3) is 0 Å². The lowest BCUT2D eigenvalue weighted by Gasteiger charge is -2.34. The Morgan fingerprint density at radius 3 is 2.74 bits per heavy atom. The van der Waals surface area contributed by atoms with Crippen LogP contribution in [-0.2, 0) is 0 Å². The Balaban J connectivity index is 2.23. The smallest absolute Gasteiger partial charge is 0.230 e. The first-order chi connectivity index (χ1) is 9.07. The minimum Gasteiger partial charge on any atom is -0.357 e. The maximum atomic E-state index is 9.48. The summed E-state index contributed by atoms with van der Waals surface area (Å²) in [5.41, 5.74) is -0.604. The van der Waals surface area contributed by atoms with Crippen molar-refractivity contribution in [3.63, 3.8) is 0 Å². The van der Waals surface area contributed by atoms with Crippen molar-refractivity contribution >= 4 is 23.5 Å². The molecule has 1 aliphatic carbocycles. The van der Waals surface area contributed by atoms with Crippen LogP contribution in [0.15, 0.2) is 0 Å². The first-order valence-corrected chi connectivity index (χ1v) is 6.73. The summed E-state index contributed by atoms with van der Waals surface area (Å²) in [6, 6.07) is 2.38. The molecule has 0 spiro atoms. The molecule has 1 saturated carbocycles. The van der Waals surface area contributed by atoms with Crippen LogP contribution in [0.5, 0.6) is 0 Å². The number of hydrogen-bond donors (Lipinski definition) is 2. The van der Waals surface area contributed by atoms with Crippen LogP contribution in [0, 0.1) is 17.2 Å². The summed E-state index contributed by atoms with van der Waals surface area (Å²) in [6.07, 6.45) is 3.78. The van der Waals surface area contributed by atoms with Crippen LogP contribution in [0.4, 0.5) is 11.9 Å². The molecule has 0 radical (unpaired) electrons. The fraction of sp³-hybridized carbons (Fsp3) is 0.667. The molecular weight excluding hydrogens is 264 g/mol. The molecule has 19 heavy (non-hydrogen) atoms. The molecule has 1 unspecified atom stereocenters. The average molecular weight is 281 g/mol. The number of hydrogen-bond acceptors (Lipinski definition) is 6. The molecule has 0 bridgehead atoms.